The maximum Gasteiger partial charge on any atom is 0.309 e. The lowest BCUT2D eigenvalue weighted by atomic mass is 10.1. The van der Waals surface area contributed by atoms with Gasteiger partial charge in [0, 0.05) is 38.5 Å². The average Bonchev–Trinajstić information content (AvgIpc) is 3.44. The molecule has 1 heterocycles. The molecule has 1 aromatic heterocycles. The highest BCUT2D eigenvalue weighted by Gasteiger charge is 2.45. The molecule has 2 atom stereocenters. The van der Waals surface area contributed by atoms with Gasteiger partial charge in [-0.2, -0.15) is 5.10 Å². The van der Waals surface area contributed by atoms with Gasteiger partial charge < -0.3 is 23.8 Å². The number of hydrogen-bond acceptors (Lipinski definition) is 7. The zero-order chi connectivity index (χ0) is 22.1. The summed E-state index contributed by atoms with van der Waals surface area (Å²) in [7, 11) is 3.51. The van der Waals surface area contributed by atoms with Gasteiger partial charge in [0.15, 0.2) is 0 Å². The van der Waals surface area contributed by atoms with Crippen molar-refractivity contribution in [3.63, 3.8) is 0 Å². The normalized spacial score (nSPS) is 17.8. The summed E-state index contributed by atoms with van der Waals surface area (Å²) in [6, 6.07) is 0. The van der Waals surface area contributed by atoms with Crippen LogP contribution in [0.4, 0.5) is 0 Å². The molecule has 1 fully saturated rings. The fourth-order valence-electron chi connectivity index (χ4n) is 3.38. The molecule has 1 aliphatic carbocycles. The Hall–Kier alpha value is -1.97. The smallest absolute Gasteiger partial charge is 0.309 e. The third-order valence-electron chi connectivity index (χ3n) is 5.36. The standard InChI is InChI=1S/C21H35N3O6/c1-6-30-21(26)18-11-17(18)12-24(13-19-15(2)22-23(4)16(19)3)20(25)14-29-10-9-28-8-7-27-5/h17-18H,6-14H2,1-5H3/t17-,18-/m0/s1. The lowest BCUT2D eigenvalue weighted by molar-refractivity contribution is -0.145. The highest BCUT2D eigenvalue weighted by Crippen LogP contribution is 2.40. The number of carbonyl (C=O) groups is 2. The Kier molecular flexibility index (Phi) is 9.74. The predicted molar refractivity (Wildman–Crippen MR) is 110 cm³/mol. The maximum atomic E-state index is 12.9. The van der Waals surface area contributed by atoms with E-state index in [1.54, 1.807) is 18.9 Å². The SMILES string of the molecule is CCOC(=O)[C@H]1C[C@H]1CN(Cc1c(C)nn(C)c1C)C(=O)COCCOCCOC. The number of esters is 1. The lowest BCUT2D eigenvalue weighted by Crippen LogP contribution is -2.36. The van der Waals surface area contributed by atoms with E-state index in [1.807, 2.05) is 25.6 Å². The number of hydrogen-bond donors (Lipinski definition) is 0. The van der Waals surface area contributed by atoms with Crippen molar-refractivity contribution in [2.75, 3.05) is 53.3 Å². The van der Waals surface area contributed by atoms with Crippen molar-refractivity contribution in [1.29, 1.82) is 0 Å². The monoisotopic (exact) mass is 425 g/mol. The van der Waals surface area contributed by atoms with Crippen LogP contribution in [-0.2, 0) is 42.1 Å². The Bertz CT molecular complexity index is 705. The molecule has 0 radical (unpaired) electrons. The van der Waals surface area contributed by atoms with Crippen molar-refractivity contribution in [3.05, 3.63) is 17.0 Å². The molecule has 1 amide bonds. The minimum absolute atomic E-state index is 0.0250. The van der Waals surface area contributed by atoms with E-state index in [1.165, 1.54) is 0 Å². The molecule has 9 heteroatoms. The summed E-state index contributed by atoms with van der Waals surface area (Å²) in [5.41, 5.74) is 2.95. The van der Waals surface area contributed by atoms with E-state index in [2.05, 4.69) is 5.10 Å². The largest absolute Gasteiger partial charge is 0.466 e. The minimum Gasteiger partial charge on any atom is -0.466 e. The first-order valence-corrected chi connectivity index (χ1v) is 10.5. The molecule has 0 aromatic carbocycles. The molecule has 0 N–H and O–H groups in total. The molecule has 0 unspecified atom stereocenters. The lowest BCUT2D eigenvalue weighted by Gasteiger charge is -2.23. The fraction of sp³-hybridized carbons (Fsp3) is 0.762. The second-order valence-corrected chi connectivity index (χ2v) is 7.56. The fourth-order valence-corrected chi connectivity index (χ4v) is 3.38. The van der Waals surface area contributed by atoms with Crippen molar-refractivity contribution in [3.8, 4) is 0 Å². The topological polar surface area (TPSA) is 92.1 Å². The molecule has 0 spiro atoms. The van der Waals surface area contributed by atoms with Crippen LogP contribution >= 0.6 is 0 Å². The summed E-state index contributed by atoms with van der Waals surface area (Å²) in [5, 5.41) is 4.44. The first-order chi connectivity index (χ1) is 14.4. The second kappa shape index (κ2) is 12.0. The van der Waals surface area contributed by atoms with Crippen LogP contribution < -0.4 is 0 Å². The molecule has 9 nitrogen and oxygen atoms in total. The van der Waals surface area contributed by atoms with Gasteiger partial charge in [-0.15, -0.1) is 0 Å². The minimum atomic E-state index is -0.173. The number of amides is 1. The number of carbonyl (C=O) groups excluding carboxylic acids is 2. The van der Waals surface area contributed by atoms with Crippen LogP contribution in [0.1, 0.15) is 30.3 Å². The van der Waals surface area contributed by atoms with Crippen LogP contribution in [-0.4, -0.2) is 79.9 Å². The van der Waals surface area contributed by atoms with E-state index in [9.17, 15) is 9.59 Å². The van der Waals surface area contributed by atoms with E-state index < -0.39 is 0 Å². The maximum absolute atomic E-state index is 12.9. The van der Waals surface area contributed by atoms with Gasteiger partial charge in [-0.25, -0.2) is 0 Å². The first kappa shape index (κ1) is 24.3. The molecule has 1 saturated carbocycles. The third kappa shape index (κ3) is 7.07. The highest BCUT2D eigenvalue weighted by atomic mass is 16.5. The quantitative estimate of drug-likeness (QED) is 0.327. The molecular formula is C21H35N3O6. The van der Waals surface area contributed by atoms with Crippen molar-refractivity contribution in [2.24, 2.45) is 18.9 Å². The van der Waals surface area contributed by atoms with E-state index >= 15 is 0 Å². The Labute approximate surface area is 178 Å². The van der Waals surface area contributed by atoms with Gasteiger partial charge >= 0.3 is 5.97 Å². The number of ether oxygens (including phenoxy) is 4. The second-order valence-electron chi connectivity index (χ2n) is 7.56. The van der Waals surface area contributed by atoms with Gasteiger partial charge in [0.25, 0.3) is 0 Å². The Morgan fingerprint density at radius 3 is 2.50 bits per heavy atom. The number of nitrogens with zero attached hydrogens (tertiary/aromatic N) is 3. The predicted octanol–water partition coefficient (Wildman–Crippen LogP) is 1.24. The molecule has 0 saturated heterocycles. The summed E-state index contributed by atoms with van der Waals surface area (Å²) < 4.78 is 22.7. The molecule has 0 aliphatic heterocycles. The van der Waals surface area contributed by atoms with Gasteiger partial charge in [0.2, 0.25) is 5.91 Å². The van der Waals surface area contributed by atoms with Gasteiger partial charge in [0.1, 0.15) is 6.61 Å². The molecule has 1 aromatic rings. The average molecular weight is 426 g/mol. The van der Waals surface area contributed by atoms with Crippen LogP contribution in [0, 0.1) is 25.7 Å². The van der Waals surface area contributed by atoms with Crippen LogP contribution in [0.15, 0.2) is 0 Å². The Morgan fingerprint density at radius 1 is 1.17 bits per heavy atom. The zero-order valence-corrected chi connectivity index (χ0v) is 18.8. The van der Waals surface area contributed by atoms with E-state index in [0.29, 0.717) is 46.1 Å². The molecular weight excluding hydrogens is 390 g/mol. The van der Waals surface area contributed by atoms with Crippen LogP contribution in [0.3, 0.4) is 0 Å². The van der Waals surface area contributed by atoms with Crippen LogP contribution in [0.5, 0.6) is 0 Å². The third-order valence-corrected chi connectivity index (χ3v) is 5.36. The van der Waals surface area contributed by atoms with Gasteiger partial charge in [0.05, 0.1) is 44.6 Å². The van der Waals surface area contributed by atoms with E-state index in [0.717, 1.165) is 23.4 Å². The number of rotatable bonds is 14. The summed E-state index contributed by atoms with van der Waals surface area (Å²) in [4.78, 5) is 26.6. The van der Waals surface area contributed by atoms with E-state index in [-0.39, 0.29) is 30.3 Å². The molecule has 30 heavy (non-hydrogen) atoms. The highest BCUT2D eigenvalue weighted by molar-refractivity contribution is 5.78. The van der Waals surface area contributed by atoms with Crippen LogP contribution in [0.25, 0.3) is 0 Å². The number of aromatic nitrogens is 2. The molecule has 2 rings (SSSR count). The Morgan fingerprint density at radius 2 is 1.87 bits per heavy atom. The van der Waals surface area contributed by atoms with Gasteiger partial charge in [-0.3, -0.25) is 14.3 Å². The van der Waals surface area contributed by atoms with Gasteiger partial charge in [-0.1, -0.05) is 0 Å². The van der Waals surface area contributed by atoms with Crippen LogP contribution in [0.2, 0.25) is 0 Å². The van der Waals surface area contributed by atoms with Crippen molar-refractivity contribution < 1.29 is 28.5 Å². The molecule has 0 bridgehead atoms. The summed E-state index contributed by atoms with van der Waals surface area (Å²) >= 11 is 0. The summed E-state index contributed by atoms with van der Waals surface area (Å²) in [5.74, 6) is -0.272. The summed E-state index contributed by atoms with van der Waals surface area (Å²) in [6.07, 6.45) is 0.752. The molecule has 170 valence electrons. The van der Waals surface area contributed by atoms with Gasteiger partial charge in [-0.05, 0) is 33.1 Å². The Balaban J connectivity index is 1.92. The molecule has 1 aliphatic rings. The number of aryl methyl sites for hydroxylation is 2. The first-order valence-electron chi connectivity index (χ1n) is 10.5. The van der Waals surface area contributed by atoms with E-state index in [4.69, 9.17) is 18.9 Å². The summed E-state index contributed by atoms with van der Waals surface area (Å²) in [6.45, 7) is 8.80. The van der Waals surface area contributed by atoms with Crippen molar-refractivity contribution >= 4 is 11.9 Å². The van der Waals surface area contributed by atoms with Crippen molar-refractivity contribution in [2.45, 2.75) is 33.7 Å². The number of methoxy groups -OCH3 is 1. The van der Waals surface area contributed by atoms with Crippen molar-refractivity contribution in [1.82, 2.24) is 14.7 Å². The zero-order valence-electron chi connectivity index (χ0n) is 18.8.